The van der Waals surface area contributed by atoms with E-state index < -0.39 is 35.0 Å². The zero-order chi connectivity index (χ0) is 23.5. The van der Waals surface area contributed by atoms with E-state index in [1.54, 1.807) is 16.4 Å². The van der Waals surface area contributed by atoms with E-state index in [2.05, 4.69) is 9.97 Å². The van der Waals surface area contributed by atoms with E-state index in [1.165, 1.54) is 0 Å². The molecule has 1 aliphatic heterocycles. The van der Waals surface area contributed by atoms with Crippen molar-refractivity contribution in [3.63, 3.8) is 0 Å². The smallest absolute Gasteiger partial charge is 0.417 e. The number of hydrogen-bond donors (Lipinski definition) is 0. The van der Waals surface area contributed by atoms with Crippen molar-refractivity contribution < 1.29 is 31.5 Å². The summed E-state index contributed by atoms with van der Waals surface area (Å²) in [6.45, 7) is 2.51. The van der Waals surface area contributed by atoms with E-state index >= 15 is 0 Å². The third-order valence-corrected chi connectivity index (χ3v) is 5.65. The molecule has 3 aromatic rings. The number of carbonyl (C=O) groups excluding carboxylic acids is 1. The maximum Gasteiger partial charge on any atom is 0.417 e. The van der Waals surface area contributed by atoms with Crippen LogP contribution in [0.4, 0.5) is 22.0 Å². The van der Waals surface area contributed by atoms with Gasteiger partial charge < -0.3 is 14.2 Å². The van der Waals surface area contributed by atoms with Crippen LogP contribution in [-0.2, 0) is 12.8 Å². The normalized spacial score (nSPS) is 15.8. The van der Waals surface area contributed by atoms with Crippen molar-refractivity contribution in [3.05, 3.63) is 59.2 Å². The van der Waals surface area contributed by atoms with Crippen LogP contribution in [0.5, 0.6) is 11.6 Å². The lowest BCUT2D eigenvalue weighted by Gasteiger charge is -2.16. The minimum atomic E-state index is -4.59. The van der Waals surface area contributed by atoms with Gasteiger partial charge in [-0.15, -0.1) is 0 Å². The number of rotatable bonds is 5. The van der Waals surface area contributed by atoms with E-state index in [0.717, 1.165) is 31.0 Å². The molecular formula is C22H17F5N4O2. The van der Waals surface area contributed by atoms with Gasteiger partial charge in [-0.1, -0.05) is 0 Å². The van der Waals surface area contributed by atoms with E-state index in [-0.39, 0.29) is 24.0 Å². The van der Waals surface area contributed by atoms with Gasteiger partial charge >= 0.3 is 6.18 Å². The lowest BCUT2D eigenvalue weighted by molar-refractivity contribution is -0.137. The number of amides is 1. The first-order valence-electron chi connectivity index (χ1n) is 10.2. The first kappa shape index (κ1) is 21.4. The van der Waals surface area contributed by atoms with Crippen LogP contribution in [0.15, 0.2) is 30.5 Å². The molecule has 6 nitrogen and oxygen atoms in total. The predicted molar refractivity (Wildman–Crippen MR) is 105 cm³/mol. The number of halogens is 5. The van der Waals surface area contributed by atoms with Crippen LogP contribution >= 0.6 is 0 Å². The van der Waals surface area contributed by atoms with Crippen LogP contribution in [0, 0.1) is 24.5 Å². The van der Waals surface area contributed by atoms with Crippen LogP contribution in [0.2, 0.25) is 0 Å². The van der Waals surface area contributed by atoms with Crippen LogP contribution in [0.25, 0.3) is 11.3 Å². The largest absolute Gasteiger partial charge is 0.433 e. The molecule has 3 heterocycles. The molecule has 172 valence electrons. The number of hydrogen-bond acceptors (Lipinski definition) is 4. The zero-order valence-corrected chi connectivity index (χ0v) is 17.3. The molecule has 11 heteroatoms. The summed E-state index contributed by atoms with van der Waals surface area (Å²) < 4.78 is 74.3. The topological polar surface area (TPSA) is 60.2 Å². The summed E-state index contributed by atoms with van der Waals surface area (Å²) in [4.78, 5) is 22.1. The molecule has 2 aromatic heterocycles. The maximum absolute atomic E-state index is 14.8. The van der Waals surface area contributed by atoms with Gasteiger partial charge in [0.25, 0.3) is 5.91 Å². The highest BCUT2D eigenvalue weighted by Gasteiger charge is 2.36. The van der Waals surface area contributed by atoms with Crippen molar-refractivity contribution in [3.8, 4) is 22.9 Å². The number of imidazole rings is 1. The molecular weight excluding hydrogens is 447 g/mol. The van der Waals surface area contributed by atoms with Crippen molar-refractivity contribution in [2.24, 2.45) is 5.92 Å². The molecule has 0 atom stereocenters. The van der Waals surface area contributed by atoms with Gasteiger partial charge in [-0.25, -0.2) is 18.7 Å². The van der Waals surface area contributed by atoms with Crippen LogP contribution in [0.3, 0.4) is 0 Å². The Bertz CT molecular complexity index is 1230. The third-order valence-electron chi connectivity index (χ3n) is 5.65. The van der Waals surface area contributed by atoms with Crippen molar-refractivity contribution in [1.82, 2.24) is 19.4 Å². The second kappa shape index (κ2) is 7.53. The second-order valence-corrected chi connectivity index (χ2v) is 8.16. The quantitative estimate of drug-likeness (QED) is 0.489. The summed E-state index contributed by atoms with van der Waals surface area (Å²) in [5, 5.41) is 0. The fraction of sp³-hybridized carbons (Fsp3) is 0.318. The van der Waals surface area contributed by atoms with Crippen LogP contribution in [0.1, 0.15) is 34.7 Å². The Balaban J connectivity index is 1.43. The molecule has 5 rings (SSSR count). The Morgan fingerprint density at radius 1 is 1.15 bits per heavy atom. The van der Waals surface area contributed by atoms with Crippen LogP contribution in [-0.4, -0.2) is 31.9 Å². The SMILES string of the molecule is Cc1nc2n(c1-c1cc(F)c(Oc3ccc(C(F)(F)F)cn3)c(F)c1)CN(CC1CC1)C2=O. The van der Waals surface area contributed by atoms with E-state index in [1.807, 2.05) is 0 Å². The van der Waals surface area contributed by atoms with Gasteiger partial charge in [0.2, 0.25) is 17.5 Å². The van der Waals surface area contributed by atoms with Gasteiger partial charge in [-0.3, -0.25) is 4.79 Å². The molecule has 1 amide bonds. The van der Waals surface area contributed by atoms with Gasteiger partial charge in [0, 0.05) is 24.4 Å². The number of aromatic nitrogens is 3. The Kier molecular flexibility index (Phi) is 4.87. The van der Waals surface area contributed by atoms with Gasteiger partial charge in [0.1, 0.15) is 0 Å². The molecule has 33 heavy (non-hydrogen) atoms. The number of pyridine rings is 1. The zero-order valence-electron chi connectivity index (χ0n) is 17.3. The van der Waals surface area contributed by atoms with Crippen LogP contribution < -0.4 is 4.74 Å². The summed E-state index contributed by atoms with van der Waals surface area (Å²) >= 11 is 0. The van der Waals surface area contributed by atoms with Gasteiger partial charge in [0.15, 0.2) is 11.6 Å². The number of aryl methyl sites for hydroxylation is 1. The molecule has 0 saturated heterocycles. The molecule has 0 unspecified atom stereocenters. The second-order valence-electron chi connectivity index (χ2n) is 8.16. The third kappa shape index (κ3) is 3.91. The van der Waals surface area contributed by atoms with Gasteiger partial charge in [0.05, 0.1) is 23.6 Å². The number of ether oxygens (including phenoxy) is 1. The lowest BCUT2D eigenvalue weighted by atomic mass is 10.1. The number of fused-ring (bicyclic) bond motifs is 1. The summed E-state index contributed by atoms with van der Waals surface area (Å²) in [6, 6.07) is 3.65. The number of alkyl halides is 3. The fourth-order valence-electron chi connectivity index (χ4n) is 3.88. The first-order chi connectivity index (χ1) is 15.6. The molecule has 1 saturated carbocycles. The molecule has 1 aromatic carbocycles. The monoisotopic (exact) mass is 464 g/mol. The molecule has 0 radical (unpaired) electrons. The van der Waals surface area contributed by atoms with Gasteiger partial charge in [-0.2, -0.15) is 13.2 Å². The predicted octanol–water partition coefficient (Wildman–Crippen LogP) is 5.17. The molecule has 1 aliphatic carbocycles. The Morgan fingerprint density at radius 3 is 2.42 bits per heavy atom. The minimum absolute atomic E-state index is 0.162. The highest BCUT2D eigenvalue weighted by molar-refractivity contribution is 5.94. The van der Waals surface area contributed by atoms with E-state index in [4.69, 9.17) is 4.74 Å². The lowest BCUT2D eigenvalue weighted by Crippen LogP contribution is -2.27. The van der Waals surface area contributed by atoms with Crippen molar-refractivity contribution >= 4 is 5.91 Å². The Labute approximate surface area is 184 Å². The molecule has 0 spiro atoms. The average Bonchev–Trinajstić information content (AvgIpc) is 3.44. The minimum Gasteiger partial charge on any atom is -0.433 e. The van der Waals surface area contributed by atoms with Crippen molar-refractivity contribution in [2.45, 2.75) is 32.6 Å². The number of nitrogens with zero attached hydrogens (tertiary/aromatic N) is 4. The summed E-state index contributed by atoms with van der Waals surface area (Å²) in [5.74, 6) is -2.84. The summed E-state index contributed by atoms with van der Waals surface area (Å²) in [5.41, 5.74) is 0.00600. The molecule has 0 N–H and O–H groups in total. The highest BCUT2D eigenvalue weighted by atomic mass is 19.4. The number of benzene rings is 1. The molecule has 2 aliphatic rings. The number of carbonyl (C=O) groups is 1. The first-order valence-corrected chi connectivity index (χ1v) is 10.2. The van der Waals surface area contributed by atoms with Crippen molar-refractivity contribution in [2.75, 3.05) is 6.54 Å². The summed E-state index contributed by atoms with van der Waals surface area (Å²) in [7, 11) is 0. The molecule has 1 fully saturated rings. The standard InChI is InChI=1S/C22H17F5N4O2/c1-11-18(31-10-30(9-12-2-3-12)21(32)20(31)29-11)13-6-15(23)19(16(24)7-13)33-17-5-4-14(8-28-17)22(25,26)27/h4-8,12H,2-3,9-10H2,1H3. The highest BCUT2D eigenvalue weighted by Crippen LogP contribution is 2.37. The summed E-state index contributed by atoms with van der Waals surface area (Å²) in [6.07, 6.45) is -1.93. The van der Waals surface area contributed by atoms with Gasteiger partial charge in [-0.05, 0) is 43.9 Å². The fourth-order valence-corrected chi connectivity index (χ4v) is 3.88. The Hall–Kier alpha value is -3.50. The van der Waals surface area contributed by atoms with E-state index in [9.17, 15) is 26.7 Å². The van der Waals surface area contributed by atoms with E-state index in [0.29, 0.717) is 36.1 Å². The Morgan fingerprint density at radius 2 is 1.85 bits per heavy atom. The average molecular weight is 464 g/mol. The maximum atomic E-state index is 14.8. The van der Waals surface area contributed by atoms with Crippen molar-refractivity contribution in [1.29, 1.82) is 0 Å². The molecule has 0 bridgehead atoms.